The molecule has 15 heavy (non-hydrogen) atoms. The molecule has 0 aliphatic heterocycles. The third kappa shape index (κ3) is 4.66. The molecular formula is C10H19N3OS. The highest BCUT2D eigenvalue weighted by Crippen LogP contribution is 2.10. The van der Waals surface area contributed by atoms with Gasteiger partial charge in [0, 0.05) is 12.5 Å². The van der Waals surface area contributed by atoms with Crippen molar-refractivity contribution < 1.29 is 4.52 Å². The molecule has 1 aromatic rings. The molecule has 1 unspecified atom stereocenters. The van der Waals surface area contributed by atoms with Crippen LogP contribution in [0.4, 0.5) is 0 Å². The molecule has 86 valence electrons. The predicted molar refractivity (Wildman–Crippen MR) is 63.0 cm³/mol. The van der Waals surface area contributed by atoms with Crippen LogP contribution in [0.1, 0.15) is 32.0 Å². The van der Waals surface area contributed by atoms with E-state index in [4.69, 9.17) is 4.52 Å². The van der Waals surface area contributed by atoms with Crippen molar-refractivity contribution in [3.63, 3.8) is 0 Å². The molecule has 0 aliphatic carbocycles. The van der Waals surface area contributed by atoms with Crippen molar-refractivity contribution in [2.24, 2.45) is 0 Å². The zero-order valence-corrected chi connectivity index (χ0v) is 10.4. The lowest BCUT2D eigenvalue weighted by Crippen LogP contribution is -2.23. The number of nitrogens with zero attached hydrogens (tertiary/aromatic N) is 2. The number of nitrogens with one attached hydrogen (secondary N) is 1. The van der Waals surface area contributed by atoms with Gasteiger partial charge in [0.1, 0.15) is 0 Å². The Kier molecular flexibility index (Phi) is 5.71. The molecule has 1 atom stereocenters. The van der Waals surface area contributed by atoms with Crippen molar-refractivity contribution in [3.05, 3.63) is 11.7 Å². The van der Waals surface area contributed by atoms with Crippen LogP contribution in [-0.2, 0) is 12.2 Å². The van der Waals surface area contributed by atoms with Crippen LogP contribution in [0.25, 0.3) is 0 Å². The van der Waals surface area contributed by atoms with Gasteiger partial charge in [0.2, 0.25) is 5.89 Å². The molecule has 1 rings (SSSR count). The third-order valence-electron chi connectivity index (χ3n) is 2.06. The molecule has 0 fully saturated rings. The SMILES string of the molecule is CCCSCc1noc(CC(C)NC)n1. The van der Waals surface area contributed by atoms with Gasteiger partial charge < -0.3 is 9.84 Å². The zero-order valence-electron chi connectivity index (χ0n) is 9.62. The first kappa shape index (κ1) is 12.5. The summed E-state index contributed by atoms with van der Waals surface area (Å²) in [6.07, 6.45) is 1.98. The Labute approximate surface area is 95.2 Å². The number of likely N-dealkylation sites (N-methyl/N-ethyl adjacent to an activating group) is 1. The molecule has 1 aromatic heterocycles. The van der Waals surface area contributed by atoms with Gasteiger partial charge in [-0.3, -0.25) is 0 Å². The second-order valence-electron chi connectivity index (χ2n) is 3.55. The lowest BCUT2D eigenvalue weighted by atomic mass is 10.2. The minimum Gasteiger partial charge on any atom is -0.339 e. The first-order valence-electron chi connectivity index (χ1n) is 5.32. The Morgan fingerprint density at radius 2 is 2.33 bits per heavy atom. The van der Waals surface area contributed by atoms with Gasteiger partial charge in [0.15, 0.2) is 5.82 Å². The van der Waals surface area contributed by atoms with Crippen LogP contribution in [0, 0.1) is 0 Å². The third-order valence-corrected chi connectivity index (χ3v) is 3.22. The highest BCUT2D eigenvalue weighted by atomic mass is 32.2. The lowest BCUT2D eigenvalue weighted by molar-refractivity contribution is 0.362. The van der Waals surface area contributed by atoms with Gasteiger partial charge in [-0.1, -0.05) is 12.1 Å². The first-order valence-corrected chi connectivity index (χ1v) is 6.48. The van der Waals surface area contributed by atoms with Crippen LogP contribution in [0.5, 0.6) is 0 Å². The highest BCUT2D eigenvalue weighted by Gasteiger charge is 2.09. The van der Waals surface area contributed by atoms with Crippen molar-refractivity contribution in [2.75, 3.05) is 12.8 Å². The number of thioether (sulfide) groups is 1. The van der Waals surface area contributed by atoms with Crippen LogP contribution >= 0.6 is 11.8 Å². The molecule has 0 saturated carbocycles. The van der Waals surface area contributed by atoms with E-state index in [9.17, 15) is 0 Å². The van der Waals surface area contributed by atoms with E-state index in [1.165, 1.54) is 6.42 Å². The largest absolute Gasteiger partial charge is 0.339 e. The molecular weight excluding hydrogens is 210 g/mol. The van der Waals surface area contributed by atoms with Crippen molar-refractivity contribution >= 4 is 11.8 Å². The second-order valence-corrected chi connectivity index (χ2v) is 4.66. The highest BCUT2D eigenvalue weighted by molar-refractivity contribution is 7.98. The summed E-state index contributed by atoms with van der Waals surface area (Å²) in [5, 5.41) is 7.08. The van der Waals surface area contributed by atoms with Crippen molar-refractivity contribution in [2.45, 2.75) is 38.5 Å². The van der Waals surface area contributed by atoms with Crippen LogP contribution < -0.4 is 5.32 Å². The van der Waals surface area contributed by atoms with Crippen LogP contribution in [-0.4, -0.2) is 29.0 Å². The first-order chi connectivity index (χ1) is 7.26. The fourth-order valence-electron chi connectivity index (χ4n) is 1.10. The average Bonchev–Trinajstić information content (AvgIpc) is 2.66. The van der Waals surface area contributed by atoms with E-state index in [1.807, 2.05) is 18.8 Å². The molecule has 0 saturated heterocycles. The van der Waals surface area contributed by atoms with Crippen molar-refractivity contribution in [1.82, 2.24) is 15.5 Å². The Bertz CT molecular complexity index is 277. The molecule has 1 N–H and O–H groups in total. The number of aromatic nitrogens is 2. The van der Waals surface area contributed by atoms with Gasteiger partial charge >= 0.3 is 0 Å². The molecule has 1 heterocycles. The average molecular weight is 229 g/mol. The topological polar surface area (TPSA) is 51.0 Å². The summed E-state index contributed by atoms with van der Waals surface area (Å²) < 4.78 is 5.15. The summed E-state index contributed by atoms with van der Waals surface area (Å²) in [5.74, 6) is 3.54. The smallest absolute Gasteiger partial charge is 0.228 e. The van der Waals surface area contributed by atoms with E-state index in [0.29, 0.717) is 6.04 Å². The van der Waals surface area contributed by atoms with Gasteiger partial charge in [-0.2, -0.15) is 16.7 Å². The molecule has 5 heteroatoms. The summed E-state index contributed by atoms with van der Waals surface area (Å²) in [7, 11) is 1.93. The fourth-order valence-corrected chi connectivity index (χ4v) is 1.84. The molecule has 0 amide bonds. The Hall–Kier alpha value is -0.550. The summed E-state index contributed by atoms with van der Waals surface area (Å²) >= 11 is 1.84. The van der Waals surface area contributed by atoms with Gasteiger partial charge in [-0.05, 0) is 26.1 Å². The van der Waals surface area contributed by atoms with Gasteiger partial charge in [0.25, 0.3) is 0 Å². The minimum absolute atomic E-state index is 0.376. The molecule has 0 radical (unpaired) electrons. The zero-order chi connectivity index (χ0) is 11.1. The normalized spacial score (nSPS) is 13.0. The van der Waals surface area contributed by atoms with Gasteiger partial charge in [-0.25, -0.2) is 0 Å². The lowest BCUT2D eigenvalue weighted by Gasteiger charge is -2.04. The molecule has 4 nitrogen and oxygen atoms in total. The molecule has 0 aromatic carbocycles. The maximum Gasteiger partial charge on any atom is 0.228 e. The molecule has 0 bridgehead atoms. The quantitative estimate of drug-likeness (QED) is 0.723. The van der Waals surface area contributed by atoms with Crippen molar-refractivity contribution in [3.8, 4) is 0 Å². The van der Waals surface area contributed by atoms with Gasteiger partial charge in [0.05, 0.1) is 5.75 Å². The van der Waals surface area contributed by atoms with E-state index in [1.54, 1.807) is 0 Å². The Morgan fingerprint density at radius 3 is 3.00 bits per heavy atom. The second kappa shape index (κ2) is 6.85. The standard InChI is InChI=1S/C10H19N3OS/c1-4-5-15-7-9-12-10(14-13-9)6-8(2)11-3/h8,11H,4-7H2,1-3H3. The maximum absolute atomic E-state index is 5.15. The maximum atomic E-state index is 5.15. The summed E-state index contributed by atoms with van der Waals surface area (Å²) in [4.78, 5) is 4.33. The van der Waals surface area contributed by atoms with E-state index >= 15 is 0 Å². The number of hydrogen-bond donors (Lipinski definition) is 1. The van der Waals surface area contributed by atoms with Crippen LogP contribution in [0.15, 0.2) is 4.52 Å². The summed E-state index contributed by atoms with van der Waals surface area (Å²) in [6.45, 7) is 4.26. The van der Waals surface area contributed by atoms with Crippen LogP contribution in [0.3, 0.4) is 0 Å². The van der Waals surface area contributed by atoms with Gasteiger partial charge in [-0.15, -0.1) is 0 Å². The summed E-state index contributed by atoms with van der Waals surface area (Å²) in [6, 6.07) is 0.376. The van der Waals surface area contributed by atoms with E-state index in [0.717, 1.165) is 29.6 Å². The van der Waals surface area contributed by atoms with E-state index in [-0.39, 0.29) is 0 Å². The number of hydrogen-bond acceptors (Lipinski definition) is 5. The van der Waals surface area contributed by atoms with E-state index in [2.05, 4.69) is 29.3 Å². The monoisotopic (exact) mass is 229 g/mol. The van der Waals surface area contributed by atoms with Crippen molar-refractivity contribution in [1.29, 1.82) is 0 Å². The molecule has 0 spiro atoms. The minimum atomic E-state index is 0.376. The predicted octanol–water partition coefficient (Wildman–Crippen LogP) is 1.86. The molecule has 0 aliphatic rings. The Morgan fingerprint density at radius 1 is 1.53 bits per heavy atom. The van der Waals surface area contributed by atoms with Crippen LogP contribution in [0.2, 0.25) is 0 Å². The van der Waals surface area contributed by atoms with E-state index < -0.39 is 0 Å². The fraction of sp³-hybridized carbons (Fsp3) is 0.800. The number of rotatable bonds is 7. The summed E-state index contributed by atoms with van der Waals surface area (Å²) in [5.41, 5.74) is 0. The Balaban J connectivity index is 2.35.